The lowest BCUT2D eigenvalue weighted by atomic mass is 9.94. The summed E-state index contributed by atoms with van der Waals surface area (Å²) in [7, 11) is 0. The van der Waals surface area contributed by atoms with Crippen molar-refractivity contribution in [2.24, 2.45) is 0 Å². The van der Waals surface area contributed by atoms with Gasteiger partial charge in [0.15, 0.2) is 0 Å². The Hall–Kier alpha value is -1.67. The standard InChI is InChI=1S/C11H13ClN4O/c1-3-11(4-2,7-13)16-10(17)8-5-15-9(12)6-14-8/h5-6H,3-4H2,1-2H3,(H,16,17). The van der Waals surface area contributed by atoms with Gasteiger partial charge in [-0.1, -0.05) is 25.4 Å². The molecule has 0 fully saturated rings. The highest BCUT2D eigenvalue weighted by Gasteiger charge is 2.28. The van der Waals surface area contributed by atoms with Crippen LogP contribution < -0.4 is 5.32 Å². The molecular weight excluding hydrogens is 240 g/mol. The van der Waals surface area contributed by atoms with Gasteiger partial charge in [-0.2, -0.15) is 5.26 Å². The summed E-state index contributed by atoms with van der Waals surface area (Å²) < 4.78 is 0. The highest BCUT2D eigenvalue weighted by Crippen LogP contribution is 2.14. The number of aromatic nitrogens is 2. The van der Waals surface area contributed by atoms with Gasteiger partial charge in [0, 0.05) is 0 Å². The summed E-state index contributed by atoms with van der Waals surface area (Å²) >= 11 is 5.57. The molecule has 0 aliphatic heterocycles. The Balaban J connectivity index is 2.85. The summed E-state index contributed by atoms with van der Waals surface area (Å²) in [6, 6.07) is 2.12. The number of rotatable bonds is 4. The van der Waals surface area contributed by atoms with Crippen LogP contribution in [0.15, 0.2) is 12.4 Å². The molecule has 6 heteroatoms. The number of amides is 1. The molecule has 0 unspecified atom stereocenters. The minimum atomic E-state index is -0.849. The Bertz CT molecular complexity index is 434. The third-order valence-electron chi connectivity index (χ3n) is 2.63. The van der Waals surface area contributed by atoms with E-state index in [0.29, 0.717) is 12.8 Å². The normalized spacial score (nSPS) is 10.7. The third-order valence-corrected chi connectivity index (χ3v) is 2.82. The summed E-state index contributed by atoms with van der Waals surface area (Å²) in [5, 5.41) is 12.0. The van der Waals surface area contributed by atoms with E-state index in [4.69, 9.17) is 16.9 Å². The average Bonchev–Trinajstić information content (AvgIpc) is 2.37. The van der Waals surface area contributed by atoms with Crippen LogP contribution in [0, 0.1) is 11.3 Å². The molecule has 1 aromatic rings. The SMILES string of the molecule is CCC(C#N)(CC)NC(=O)c1cnc(Cl)cn1. The number of nitriles is 1. The fraction of sp³-hybridized carbons (Fsp3) is 0.455. The lowest BCUT2D eigenvalue weighted by Gasteiger charge is -2.24. The predicted molar refractivity (Wildman–Crippen MR) is 63.4 cm³/mol. The molecule has 0 aliphatic carbocycles. The topological polar surface area (TPSA) is 78.7 Å². The van der Waals surface area contributed by atoms with Gasteiger partial charge in [0.1, 0.15) is 16.4 Å². The molecule has 0 aliphatic rings. The minimum Gasteiger partial charge on any atom is -0.332 e. The van der Waals surface area contributed by atoms with E-state index in [9.17, 15) is 4.79 Å². The van der Waals surface area contributed by atoms with E-state index in [1.165, 1.54) is 12.4 Å². The van der Waals surface area contributed by atoms with Crippen molar-refractivity contribution >= 4 is 17.5 Å². The minimum absolute atomic E-state index is 0.149. The number of hydrogen-bond acceptors (Lipinski definition) is 4. The molecule has 1 heterocycles. The van der Waals surface area contributed by atoms with E-state index in [0.717, 1.165) is 0 Å². The van der Waals surface area contributed by atoms with E-state index in [-0.39, 0.29) is 10.8 Å². The van der Waals surface area contributed by atoms with Crippen molar-refractivity contribution in [1.82, 2.24) is 15.3 Å². The molecule has 0 bridgehead atoms. The number of nitrogens with one attached hydrogen (secondary N) is 1. The molecule has 90 valence electrons. The van der Waals surface area contributed by atoms with Crippen LogP contribution in [0.4, 0.5) is 0 Å². The summed E-state index contributed by atoms with van der Waals surface area (Å²) in [6.45, 7) is 3.70. The molecule has 0 saturated heterocycles. The van der Waals surface area contributed by atoms with Crippen LogP contribution in [0.5, 0.6) is 0 Å². The maximum Gasteiger partial charge on any atom is 0.272 e. The highest BCUT2D eigenvalue weighted by molar-refractivity contribution is 6.29. The Kier molecular flexibility index (Phi) is 4.41. The first kappa shape index (κ1) is 13.4. The summed E-state index contributed by atoms with van der Waals surface area (Å²) in [6.07, 6.45) is 3.65. The predicted octanol–water partition coefficient (Wildman–Crippen LogP) is 1.94. The van der Waals surface area contributed by atoms with E-state index in [1.54, 1.807) is 0 Å². The highest BCUT2D eigenvalue weighted by atomic mass is 35.5. The van der Waals surface area contributed by atoms with Crippen LogP contribution >= 0.6 is 11.6 Å². The second kappa shape index (κ2) is 5.60. The monoisotopic (exact) mass is 252 g/mol. The van der Waals surface area contributed by atoms with Crippen LogP contribution in [0.25, 0.3) is 0 Å². The fourth-order valence-electron chi connectivity index (χ4n) is 1.32. The van der Waals surface area contributed by atoms with E-state index in [2.05, 4.69) is 21.4 Å². The average molecular weight is 253 g/mol. The van der Waals surface area contributed by atoms with Gasteiger partial charge in [-0.15, -0.1) is 0 Å². The zero-order valence-electron chi connectivity index (χ0n) is 9.70. The Morgan fingerprint density at radius 1 is 1.47 bits per heavy atom. The lowest BCUT2D eigenvalue weighted by Crippen LogP contribution is -2.46. The molecule has 0 spiro atoms. The Labute approximate surface area is 105 Å². The van der Waals surface area contributed by atoms with Crippen molar-refractivity contribution in [2.75, 3.05) is 0 Å². The van der Waals surface area contributed by atoms with Crippen molar-refractivity contribution < 1.29 is 4.79 Å². The van der Waals surface area contributed by atoms with Crippen LogP contribution in [0.3, 0.4) is 0 Å². The second-order valence-electron chi connectivity index (χ2n) is 3.58. The molecule has 1 N–H and O–H groups in total. The molecule has 1 rings (SSSR count). The van der Waals surface area contributed by atoms with Gasteiger partial charge in [-0.25, -0.2) is 9.97 Å². The number of carbonyl (C=O) groups is 1. The quantitative estimate of drug-likeness (QED) is 0.888. The Morgan fingerprint density at radius 2 is 2.12 bits per heavy atom. The van der Waals surface area contributed by atoms with Crippen molar-refractivity contribution in [1.29, 1.82) is 5.26 Å². The number of carbonyl (C=O) groups excluding carboxylic acids is 1. The largest absolute Gasteiger partial charge is 0.332 e. The molecule has 1 amide bonds. The molecule has 0 radical (unpaired) electrons. The molecule has 5 nitrogen and oxygen atoms in total. The summed E-state index contributed by atoms with van der Waals surface area (Å²) in [5.41, 5.74) is -0.700. The zero-order valence-corrected chi connectivity index (χ0v) is 10.5. The lowest BCUT2D eigenvalue weighted by molar-refractivity contribution is 0.0910. The van der Waals surface area contributed by atoms with Crippen LogP contribution in [-0.2, 0) is 0 Å². The molecule has 0 saturated carbocycles. The molecule has 0 atom stereocenters. The summed E-state index contributed by atoms with van der Waals surface area (Å²) in [5.74, 6) is -0.417. The third kappa shape index (κ3) is 3.14. The van der Waals surface area contributed by atoms with Gasteiger partial charge in [0.2, 0.25) is 0 Å². The van der Waals surface area contributed by atoms with Gasteiger partial charge in [0.05, 0.1) is 18.5 Å². The van der Waals surface area contributed by atoms with Gasteiger partial charge in [0.25, 0.3) is 5.91 Å². The first-order chi connectivity index (χ1) is 8.06. The Morgan fingerprint density at radius 3 is 2.53 bits per heavy atom. The van der Waals surface area contributed by atoms with Gasteiger partial charge < -0.3 is 5.32 Å². The summed E-state index contributed by atoms with van der Waals surface area (Å²) in [4.78, 5) is 19.5. The maximum atomic E-state index is 11.8. The van der Waals surface area contributed by atoms with Crippen LogP contribution in [-0.4, -0.2) is 21.4 Å². The molecule has 17 heavy (non-hydrogen) atoms. The van der Waals surface area contributed by atoms with Crippen molar-refractivity contribution in [3.8, 4) is 6.07 Å². The van der Waals surface area contributed by atoms with E-state index in [1.807, 2.05) is 13.8 Å². The van der Waals surface area contributed by atoms with Crippen LogP contribution in [0.2, 0.25) is 5.15 Å². The van der Waals surface area contributed by atoms with Crippen LogP contribution in [0.1, 0.15) is 37.2 Å². The number of nitrogens with zero attached hydrogens (tertiary/aromatic N) is 3. The van der Waals surface area contributed by atoms with Gasteiger partial charge >= 0.3 is 0 Å². The fourth-order valence-corrected chi connectivity index (χ4v) is 1.42. The first-order valence-corrected chi connectivity index (χ1v) is 5.66. The van der Waals surface area contributed by atoms with E-state index < -0.39 is 11.4 Å². The second-order valence-corrected chi connectivity index (χ2v) is 3.97. The number of halogens is 1. The zero-order chi connectivity index (χ0) is 12.9. The van der Waals surface area contributed by atoms with E-state index >= 15 is 0 Å². The van der Waals surface area contributed by atoms with Gasteiger partial charge in [-0.05, 0) is 12.8 Å². The van der Waals surface area contributed by atoms with Crippen molar-refractivity contribution in [3.63, 3.8) is 0 Å². The smallest absolute Gasteiger partial charge is 0.272 e. The number of hydrogen-bond donors (Lipinski definition) is 1. The van der Waals surface area contributed by atoms with Crippen molar-refractivity contribution in [2.45, 2.75) is 32.2 Å². The molecule has 0 aromatic carbocycles. The molecular formula is C11H13ClN4O. The maximum absolute atomic E-state index is 11.8. The van der Waals surface area contributed by atoms with Gasteiger partial charge in [-0.3, -0.25) is 4.79 Å². The molecule has 1 aromatic heterocycles. The first-order valence-electron chi connectivity index (χ1n) is 5.28. The van der Waals surface area contributed by atoms with Crippen molar-refractivity contribution in [3.05, 3.63) is 23.2 Å².